The van der Waals surface area contributed by atoms with Gasteiger partial charge < -0.3 is 5.11 Å². The summed E-state index contributed by atoms with van der Waals surface area (Å²) in [6.07, 6.45) is 7.25. The first-order valence-corrected chi connectivity index (χ1v) is 6.48. The van der Waals surface area contributed by atoms with E-state index in [1.807, 2.05) is 6.92 Å². The topological polar surface area (TPSA) is 20.2 Å². The van der Waals surface area contributed by atoms with Crippen molar-refractivity contribution in [1.29, 1.82) is 0 Å². The highest BCUT2D eigenvalue weighted by molar-refractivity contribution is 5.02. The van der Waals surface area contributed by atoms with E-state index in [1.165, 1.54) is 25.7 Å². The third kappa shape index (κ3) is 1.95. The molecule has 3 atom stereocenters. The van der Waals surface area contributed by atoms with Gasteiger partial charge in [0, 0.05) is 0 Å². The van der Waals surface area contributed by atoms with Crippen molar-refractivity contribution in [3.8, 4) is 0 Å². The summed E-state index contributed by atoms with van der Waals surface area (Å²) in [6.45, 7) is 9.28. The van der Waals surface area contributed by atoms with E-state index in [2.05, 4.69) is 20.8 Å². The quantitative estimate of drug-likeness (QED) is 0.645. The van der Waals surface area contributed by atoms with E-state index in [-0.39, 0.29) is 0 Å². The first-order chi connectivity index (χ1) is 6.75. The van der Waals surface area contributed by atoms with Crippen LogP contribution < -0.4 is 0 Å². The fraction of sp³-hybridized carbons (Fsp3) is 1.00. The van der Waals surface area contributed by atoms with Crippen molar-refractivity contribution >= 4 is 0 Å². The van der Waals surface area contributed by atoms with Crippen LogP contribution in [0.1, 0.15) is 66.2 Å². The van der Waals surface area contributed by atoms with Crippen LogP contribution in [-0.2, 0) is 0 Å². The maximum absolute atomic E-state index is 10.2. The molecule has 15 heavy (non-hydrogen) atoms. The van der Waals surface area contributed by atoms with Gasteiger partial charge in [-0.2, -0.15) is 0 Å². The molecule has 2 aliphatic rings. The Kier molecular flexibility index (Phi) is 2.46. The van der Waals surface area contributed by atoms with Gasteiger partial charge in [-0.25, -0.2) is 0 Å². The van der Waals surface area contributed by atoms with E-state index in [9.17, 15) is 5.11 Å². The predicted molar refractivity (Wildman–Crippen MR) is 63.7 cm³/mol. The van der Waals surface area contributed by atoms with Crippen molar-refractivity contribution in [3.63, 3.8) is 0 Å². The van der Waals surface area contributed by atoms with E-state index < -0.39 is 5.60 Å². The van der Waals surface area contributed by atoms with Gasteiger partial charge >= 0.3 is 0 Å². The van der Waals surface area contributed by atoms with Gasteiger partial charge in [0.15, 0.2) is 0 Å². The highest BCUT2D eigenvalue weighted by Crippen LogP contribution is 2.59. The third-order valence-electron chi connectivity index (χ3n) is 5.11. The van der Waals surface area contributed by atoms with E-state index in [0.29, 0.717) is 10.8 Å². The number of rotatable bonds is 0. The molecule has 2 saturated carbocycles. The third-order valence-corrected chi connectivity index (χ3v) is 5.11. The molecule has 1 N–H and O–H groups in total. The molecular weight excluding hydrogens is 184 g/mol. The average Bonchev–Trinajstić information content (AvgIpc) is 1.98. The molecule has 88 valence electrons. The molecule has 0 aromatic heterocycles. The van der Waals surface area contributed by atoms with Gasteiger partial charge in [-0.05, 0) is 55.8 Å². The summed E-state index contributed by atoms with van der Waals surface area (Å²) >= 11 is 0. The fourth-order valence-electron chi connectivity index (χ4n) is 4.60. The Morgan fingerprint density at radius 1 is 1.00 bits per heavy atom. The van der Waals surface area contributed by atoms with Gasteiger partial charge in [0.2, 0.25) is 0 Å². The standard InChI is InChI=1S/C14H26O/c1-12(2)7-5-8-13(3)10-14(4,15)9-6-11(12)13/h11,15H,5-10H2,1-4H3. The molecule has 0 heterocycles. The second-order valence-electron chi connectivity index (χ2n) is 7.26. The van der Waals surface area contributed by atoms with Crippen LogP contribution in [0.4, 0.5) is 0 Å². The number of fused-ring (bicyclic) bond motifs is 1. The van der Waals surface area contributed by atoms with Gasteiger partial charge in [-0.1, -0.05) is 27.2 Å². The Hall–Kier alpha value is -0.0400. The van der Waals surface area contributed by atoms with E-state index in [4.69, 9.17) is 0 Å². The van der Waals surface area contributed by atoms with Crippen LogP contribution in [0.15, 0.2) is 0 Å². The Labute approximate surface area is 94.3 Å². The van der Waals surface area contributed by atoms with Crippen LogP contribution in [-0.4, -0.2) is 10.7 Å². The lowest BCUT2D eigenvalue weighted by Crippen LogP contribution is -2.50. The number of aliphatic hydroxyl groups is 1. The molecular formula is C14H26O. The molecule has 3 unspecified atom stereocenters. The van der Waals surface area contributed by atoms with Crippen molar-refractivity contribution < 1.29 is 5.11 Å². The summed E-state index contributed by atoms with van der Waals surface area (Å²) in [5.41, 5.74) is 0.478. The van der Waals surface area contributed by atoms with Crippen molar-refractivity contribution in [2.24, 2.45) is 16.7 Å². The molecule has 0 aromatic carbocycles. The second kappa shape index (κ2) is 3.23. The van der Waals surface area contributed by atoms with Gasteiger partial charge in [0.05, 0.1) is 5.60 Å². The minimum atomic E-state index is -0.404. The molecule has 0 bridgehead atoms. The number of hydrogen-bond acceptors (Lipinski definition) is 1. The molecule has 0 aliphatic heterocycles. The van der Waals surface area contributed by atoms with Gasteiger partial charge in [0.25, 0.3) is 0 Å². The van der Waals surface area contributed by atoms with Crippen molar-refractivity contribution in [2.75, 3.05) is 0 Å². The number of hydrogen-bond donors (Lipinski definition) is 1. The smallest absolute Gasteiger partial charge is 0.0625 e. The monoisotopic (exact) mass is 210 g/mol. The first kappa shape index (κ1) is 11.4. The molecule has 0 spiro atoms. The van der Waals surface area contributed by atoms with Crippen LogP contribution in [0, 0.1) is 16.7 Å². The van der Waals surface area contributed by atoms with E-state index in [1.54, 1.807) is 0 Å². The Morgan fingerprint density at radius 3 is 2.33 bits per heavy atom. The summed E-state index contributed by atoms with van der Waals surface area (Å²) in [6, 6.07) is 0. The molecule has 2 fully saturated rings. The lowest BCUT2D eigenvalue weighted by molar-refractivity contribution is -0.114. The minimum Gasteiger partial charge on any atom is -0.390 e. The van der Waals surface area contributed by atoms with Crippen LogP contribution >= 0.6 is 0 Å². The highest BCUT2D eigenvalue weighted by atomic mass is 16.3. The van der Waals surface area contributed by atoms with Gasteiger partial charge in [0.1, 0.15) is 0 Å². The molecule has 1 heteroatoms. The maximum atomic E-state index is 10.2. The largest absolute Gasteiger partial charge is 0.390 e. The fourth-order valence-corrected chi connectivity index (χ4v) is 4.60. The van der Waals surface area contributed by atoms with Crippen molar-refractivity contribution in [1.82, 2.24) is 0 Å². The zero-order chi connectivity index (χ0) is 11.3. The molecule has 2 aliphatic carbocycles. The molecule has 2 rings (SSSR count). The normalized spacial score (nSPS) is 49.8. The average molecular weight is 210 g/mol. The zero-order valence-corrected chi connectivity index (χ0v) is 10.8. The van der Waals surface area contributed by atoms with Crippen molar-refractivity contribution in [3.05, 3.63) is 0 Å². The summed E-state index contributed by atoms with van der Waals surface area (Å²) in [5, 5.41) is 10.2. The lowest BCUT2D eigenvalue weighted by atomic mass is 9.50. The highest BCUT2D eigenvalue weighted by Gasteiger charge is 2.51. The molecule has 0 amide bonds. The maximum Gasteiger partial charge on any atom is 0.0625 e. The zero-order valence-electron chi connectivity index (χ0n) is 10.8. The molecule has 1 nitrogen and oxygen atoms in total. The molecule has 0 aromatic rings. The summed E-state index contributed by atoms with van der Waals surface area (Å²) in [4.78, 5) is 0. The summed E-state index contributed by atoms with van der Waals surface area (Å²) in [5.74, 6) is 0.818. The lowest BCUT2D eigenvalue weighted by Gasteiger charge is -2.56. The first-order valence-electron chi connectivity index (χ1n) is 6.48. The van der Waals surface area contributed by atoms with Gasteiger partial charge in [-0.15, -0.1) is 0 Å². The van der Waals surface area contributed by atoms with Crippen LogP contribution in [0.25, 0.3) is 0 Å². The Bertz CT molecular complexity index is 254. The van der Waals surface area contributed by atoms with Crippen LogP contribution in [0.3, 0.4) is 0 Å². The van der Waals surface area contributed by atoms with E-state index >= 15 is 0 Å². The van der Waals surface area contributed by atoms with Gasteiger partial charge in [-0.3, -0.25) is 0 Å². The molecule has 0 radical (unpaired) electrons. The Balaban J connectivity index is 2.24. The minimum absolute atomic E-state index is 0.392. The van der Waals surface area contributed by atoms with Crippen LogP contribution in [0.5, 0.6) is 0 Å². The molecule has 0 saturated heterocycles. The summed E-state index contributed by atoms with van der Waals surface area (Å²) < 4.78 is 0. The summed E-state index contributed by atoms with van der Waals surface area (Å²) in [7, 11) is 0. The second-order valence-corrected chi connectivity index (χ2v) is 7.26. The Morgan fingerprint density at radius 2 is 1.67 bits per heavy atom. The predicted octanol–water partition coefficient (Wildman–Crippen LogP) is 3.75. The SMILES string of the molecule is CC1(O)CCC2C(C)(C)CCCC2(C)C1. The van der Waals surface area contributed by atoms with Crippen molar-refractivity contribution in [2.45, 2.75) is 71.8 Å². The van der Waals surface area contributed by atoms with Crippen LogP contribution in [0.2, 0.25) is 0 Å². The van der Waals surface area contributed by atoms with E-state index in [0.717, 1.165) is 18.8 Å².